The lowest BCUT2D eigenvalue weighted by Crippen LogP contribution is -1.89. The SMILES string of the molecule is C#Cc1ccc(I)c(I)c1I. The van der Waals surface area contributed by atoms with Crippen LogP contribution in [0.4, 0.5) is 0 Å². The number of halogens is 3. The molecule has 0 saturated heterocycles. The van der Waals surface area contributed by atoms with Gasteiger partial charge in [-0.05, 0) is 79.9 Å². The van der Waals surface area contributed by atoms with Crippen molar-refractivity contribution in [2.24, 2.45) is 0 Å². The van der Waals surface area contributed by atoms with Gasteiger partial charge in [0.05, 0.1) is 0 Å². The standard InChI is InChI=1S/C8H3I3/c1-2-5-3-4-6(9)8(11)7(5)10/h1,3-4H. The second-order valence-electron chi connectivity index (χ2n) is 1.87. The normalized spacial score (nSPS) is 9.27. The van der Waals surface area contributed by atoms with E-state index in [-0.39, 0.29) is 0 Å². The number of hydrogen-bond donors (Lipinski definition) is 0. The summed E-state index contributed by atoms with van der Waals surface area (Å²) in [6.07, 6.45) is 5.31. The summed E-state index contributed by atoms with van der Waals surface area (Å²) in [6, 6.07) is 4.02. The first kappa shape index (κ1) is 10.1. The van der Waals surface area contributed by atoms with E-state index >= 15 is 0 Å². The van der Waals surface area contributed by atoms with E-state index < -0.39 is 0 Å². The van der Waals surface area contributed by atoms with Crippen molar-refractivity contribution in [3.63, 3.8) is 0 Å². The fourth-order valence-corrected chi connectivity index (χ4v) is 2.70. The quantitative estimate of drug-likeness (QED) is 0.304. The summed E-state index contributed by atoms with van der Waals surface area (Å²) in [6.45, 7) is 0. The lowest BCUT2D eigenvalue weighted by molar-refractivity contribution is 1.49. The Balaban J connectivity index is 3.40. The van der Waals surface area contributed by atoms with Crippen molar-refractivity contribution < 1.29 is 0 Å². The van der Waals surface area contributed by atoms with E-state index in [1.165, 1.54) is 10.7 Å². The molecule has 0 heterocycles. The summed E-state index contributed by atoms with van der Waals surface area (Å²) >= 11 is 6.89. The molecule has 0 radical (unpaired) electrons. The molecule has 0 aliphatic carbocycles. The third kappa shape index (κ3) is 2.21. The minimum Gasteiger partial charge on any atom is -0.115 e. The maximum atomic E-state index is 5.31. The van der Waals surface area contributed by atoms with Gasteiger partial charge in [0.2, 0.25) is 0 Å². The van der Waals surface area contributed by atoms with Gasteiger partial charge >= 0.3 is 0 Å². The second-order valence-corrected chi connectivity index (χ2v) is 5.19. The molecule has 0 aliphatic rings. The Hall–Kier alpha value is 0.970. The predicted octanol–water partition coefficient (Wildman–Crippen LogP) is 3.48. The van der Waals surface area contributed by atoms with Crippen LogP contribution in [-0.4, -0.2) is 0 Å². The first-order valence-corrected chi connectivity index (χ1v) is 6.00. The maximum Gasteiger partial charge on any atom is 0.0431 e. The van der Waals surface area contributed by atoms with Crippen molar-refractivity contribution in [3.8, 4) is 12.3 Å². The Labute approximate surface area is 107 Å². The number of benzene rings is 1. The number of rotatable bonds is 0. The van der Waals surface area contributed by atoms with Crippen LogP contribution in [-0.2, 0) is 0 Å². The van der Waals surface area contributed by atoms with Crippen LogP contribution in [0.5, 0.6) is 0 Å². The summed E-state index contributed by atoms with van der Waals surface area (Å²) in [5, 5.41) is 0. The van der Waals surface area contributed by atoms with Crippen molar-refractivity contribution >= 4 is 67.8 Å². The van der Waals surface area contributed by atoms with Crippen LogP contribution in [0.2, 0.25) is 0 Å². The summed E-state index contributed by atoms with van der Waals surface area (Å²) in [4.78, 5) is 0. The molecule has 1 aromatic carbocycles. The molecule has 0 nitrogen and oxygen atoms in total. The van der Waals surface area contributed by atoms with E-state index in [0.717, 1.165) is 5.56 Å². The van der Waals surface area contributed by atoms with Crippen LogP contribution in [0.3, 0.4) is 0 Å². The van der Waals surface area contributed by atoms with Crippen LogP contribution in [0.15, 0.2) is 12.1 Å². The van der Waals surface area contributed by atoms with Gasteiger partial charge in [-0.15, -0.1) is 6.42 Å². The second kappa shape index (κ2) is 4.28. The topological polar surface area (TPSA) is 0 Å². The summed E-state index contributed by atoms with van der Waals surface area (Å²) < 4.78 is 3.68. The zero-order valence-electron chi connectivity index (χ0n) is 5.37. The van der Waals surface area contributed by atoms with Crippen molar-refractivity contribution in [1.29, 1.82) is 0 Å². The summed E-state index contributed by atoms with van der Waals surface area (Å²) in [5.41, 5.74) is 0.982. The molecule has 11 heavy (non-hydrogen) atoms. The van der Waals surface area contributed by atoms with Gasteiger partial charge in [0, 0.05) is 16.3 Å². The molecule has 0 saturated carbocycles. The molecule has 1 aromatic rings. The van der Waals surface area contributed by atoms with E-state index in [4.69, 9.17) is 6.42 Å². The lowest BCUT2D eigenvalue weighted by atomic mass is 10.2. The van der Waals surface area contributed by atoms with Crippen LogP contribution < -0.4 is 0 Å². The van der Waals surface area contributed by atoms with Crippen molar-refractivity contribution in [2.75, 3.05) is 0 Å². The molecular formula is C8H3I3. The fraction of sp³-hybridized carbons (Fsp3) is 0. The molecule has 0 spiro atoms. The van der Waals surface area contributed by atoms with Crippen LogP contribution in [0.1, 0.15) is 5.56 Å². The van der Waals surface area contributed by atoms with Gasteiger partial charge < -0.3 is 0 Å². The molecule has 1 rings (SSSR count). The Morgan fingerprint density at radius 2 is 1.73 bits per heavy atom. The molecule has 0 atom stereocenters. The molecule has 0 N–H and O–H groups in total. The number of terminal acetylenes is 1. The lowest BCUT2D eigenvalue weighted by Gasteiger charge is -2.01. The smallest absolute Gasteiger partial charge is 0.0431 e. The van der Waals surface area contributed by atoms with E-state index in [0.29, 0.717) is 0 Å². The van der Waals surface area contributed by atoms with Gasteiger partial charge in [-0.25, -0.2) is 0 Å². The van der Waals surface area contributed by atoms with Crippen molar-refractivity contribution in [2.45, 2.75) is 0 Å². The fourth-order valence-electron chi connectivity index (χ4n) is 0.637. The first-order valence-electron chi connectivity index (χ1n) is 2.77. The summed E-state index contributed by atoms with van der Waals surface area (Å²) in [5.74, 6) is 2.65. The molecule has 3 heteroatoms. The molecule has 0 bridgehead atoms. The van der Waals surface area contributed by atoms with Gasteiger partial charge in [0.1, 0.15) is 0 Å². The highest BCUT2D eigenvalue weighted by atomic mass is 127. The Kier molecular flexibility index (Phi) is 3.91. The predicted molar refractivity (Wildman–Crippen MR) is 72.5 cm³/mol. The summed E-state index contributed by atoms with van der Waals surface area (Å²) in [7, 11) is 0. The molecular weight excluding hydrogens is 477 g/mol. The molecule has 0 amide bonds. The molecule has 56 valence electrons. The Morgan fingerprint density at radius 3 is 2.27 bits per heavy atom. The highest BCUT2D eigenvalue weighted by molar-refractivity contribution is 14.1. The van der Waals surface area contributed by atoms with Gasteiger partial charge in [-0.1, -0.05) is 5.92 Å². The highest BCUT2D eigenvalue weighted by Crippen LogP contribution is 2.23. The number of hydrogen-bond acceptors (Lipinski definition) is 0. The average molecular weight is 480 g/mol. The highest BCUT2D eigenvalue weighted by Gasteiger charge is 2.04. The zero-order chi connectivity index (χ0) is 8.43. The van der Waals surface area contributed by atoms with Crippen LogP contribution in [0.25, 0.3) is 0 Å². The molecule has 0 aliphatic heterocycles. The minimum atomic E-state index is 0.982. The van der Waals surface area contributed by atoms with Gasteiger partial charge in [-0.3, -0.25) is 0 Å². The van der Waals surface area contributed by atoms with E-state index in [1.54, 1.807) is 0 Å². The van der Waals surface area contributed by atoms with Gasteiger partial charge in [-0.2, -0.15) is 0 Å². The third-order valence-electron chi connectivity index (χ3n) is 1.19. The first-order chi connectivity index (χ1) is 5.16. The zero-order valence-corrected chi connectivity index (χ0v) is 11.8. The van der Waals surface area contributed by atoms with E-state index in [2.05, 4.69) is 73.7 Å². The minimum absolute atomic E-state index is 0.982. The Morgan fingerprint density at radius 1 is 1.09 bits per heavy atom. The Bertz CT molecular complexity index is 323. The monoisotopic (exact) mass is 480 g/mol. The molecule has 0 fully saturated rings. The molecule has 0 aromatic heterocycles. The van der Waals surface area contributed by atoms with Crippen molar-refractivity contribution in [3.05, 3.63) is 28.4 Å². The van der Waals surface area contributed by atoms with Crippen LogP contribution in [0, 0.1) is 23.1 Å². The third-order valence-corrected chi connectivity index (χ3v) is 6.39. The maximum absolute atomic E-state index is 5.31. The van der Waals surface area contributed by atoms with E-state index in [1.807, 2.05) is 12.1 Å². The van der Waals surface area contributed by atoms with Crippen LogP contribution >= 0.6 is 67.8 Å². The van der Waals surface area contributed by atoms with Gasteiger partial charge in [0.25, 0.3) is 0 Å². The van der Waals surface area contributed by atoms with Gasteiger partial charge in [0.15, 0.2) is 0 Å². The van der Waals surface area contributed by atoms with E-state index in [9.17, 15) is 0 Å². The average Bonchev–Trinajstić information content (AvgIpc) is 2.01. The largest absolute Gasteiger partial charge is 0.115 e. The van der Waals surface area contributed by atoms with Crippen molar-refractivity contribution in [1.82, 2.24) is 0 Å². The molecule has 0 unspecified atom stereocenters.